The number of aromatic nitrogens is 2. The zero-order chi connectivity index (χ0) is 14.3. The predicted octanol–water partition coefficient (Wildman–Crippen LogP) is 0.579. The third kappa shape index (κ3) is 6.17. The predicted molar refractivity (Wildman–Crippen MR) is 76.4 cm³/mol. The molecule has 0 aliphatic heterocycles. The summed E-state index contributed by atoms with van der Waals surface area (Å²) in [5.74, 6) is 0. The van der Waals surface area contributed by atoms with Gasteiger partial charge >= 0.3 is 0 Å². The molecule has 1 aromatic rings. The maximum absolute atomic E-state index is 11.9. The molecule has 19 heavy (non-hydrogen) atoms. The van der Waals surface area contributed by atoms with Crippen LogP contribution in [-0.2, 0) is 16.6 Å². The van der Waals surface area contributed by atoms with Crippen molar-refractivity contribution in [1.29, 1.82) is 0 Å². The van der Waals surface area contributed by atoms with Crippen LogP contribution in [0, 0.1) is 0 Å². The van der Waals surface area contributed by atoms with Gasteiger partial charge in [-0.1, -0.05) is 13.8 Å². The van der Waals surface area contributed by atoms with Gasteiger partial charge in [-0.05, 0) is 13.3 Å². The largest absolute Gasteiger partial charge is 0.337 e. The molecule has 0 spiro atoms. The molecule has 0 fully saturated rings. The zero-order valence-corrected chi connectivity index (χ0v) is 12.7. The van der Waals surface area contributed by atoms with Gasteiger partial charge in [-0.25, -0.2) is 18.1 Å². The van der Waals surface area contributed by atoms with Crippen molar-refractivity contribution in [1.82, 2.24) is 19.6 Å². The number of rotatable bonds is 9. The zero-order valence-electron chi connectivity index (χ0n) is 11.8. The minimum Gasteiger partial charge on any atom is -0.337 e. The van der Waals surface area contributed by atoms with Gasteiger partial charge in [-0.3, -0.25) is 0 Å². The third-order valence-electron chi connectivity index (χ3n) is 2.80. The van der Waals surface area contributed by atoms with Gasteiger partial charge in [0, 0.05) is 38.1 Å². The molecule has 0 radical (unpaired) electrons. The van der Waals surface area contributed by atoms with E-state index in [1.165, 1.54) is 0 Å². The minimum atomic E-state index is -3.23. The van der Waals surface area contributed by atoms with Gasteiger partial charge in [0.1, 0.15) is 0 Å². The molecule has 1 rings (SSSR count). The molecule has 6 nitrogen and oxygen atoms in total. The molecular formula is C12H24N4O2S. The first kappa shape index (κ1) is 16.1. The van der Waals surface area contributed by atoms with Crippen LogP contribution < -0.4 is 10.0 Å². The molecule has 1 aromatic heterocycles. The monoisotopic (exact) mass is 288 g/mol. The first-order valence-electron chi connectivity index (χ1n) is 6.59. The molecule has 1 unspecified atom stereocenters. The number of aryl methyl sites for hydroxylation is 1. The van der Waals surface area contributed by atoms with Crippen molar-refractivity contribution in [3.8, 4) is 0 Å². The summed E-state index contributed by atoms with van der Waals surface area (Å²) in [4.78, 5) is 3.93. The number of nitrogens with zero attached hydrogens (tertiary/aromatic N) is 2. The van der Waals surface area contributed by atoms with Gasteiger partial charge in [0.15, 0.2) is 0 Å². The minimum absolute atomic E-state index is 0.291. The highest BCUT2D eigenvalue weighted by atomic mass is 32.2. The number of hydrogen-bond acceptors (Lipinski definition) is 4. The van der Waals surface area contributed by atoms with Crippen molar-refractivity contribution in [2.24, 2.45) is 0 Å². The fourth-order valence-electron chi connectivity index (χ4n) is 1.55. The Balaban J connectivity index is 2.26. The molecule has 0 amide bonds. The Bertz CT molecular complexity index is 442. The maximum Gasteiger partial charge on any atom is 0.215 e. The average Bonchev–Trinajstić information content (AvgIpc) is 2.84. The Kier molecular flexibility index (Phi) is 6.47. The van der Waals surface area contributed by atoms with E-state index in [1.807, 2.05) is 24.6 Å². The Labute approximate surface area is 115 Å². The van der Waals surface area contributed by atoms with Crippen molar-refractivity contribution in [3.05, 3.63) is 18.7 Å². The summed E-state index contributed by atoms with van der Waals surface area (Å²) in [5, 5.41) is 2.70. The van der Waals surface area contributed by atoms with E-state index in [9.17, 15) is 8.42 Å². The molecule has 0 aliphatic rings. The molecule has 1 heterocycles. The second-order valence-electron chi connectivity index (χ2n) is 4.97. The van der Waals surface area contributed by atoms with Crippen molar-refractivity contribution in [2.75, 3.05) is 13.1 Å². The van der Waals surface area contributed by atoms with Crippen LogP contribution in [0.2, 0.25) is 0 Å². The summed E-state index contributed by atoms with van der Waals surface area (Å²) < 4.78 is 28.4. The Hall–Kier alpha value is -0.920. The van der Waals surface area contributed by atoms with Crippen molar-refractivity contribution < 1.29 is 8.42 Å². The lowest BCUT2D eigenvalue weighted by Crippen LogP contribution is -2.41. The topological polar surface area (TPSA) is 76.0 Å². The molecule has 0 bridgehead atoms. The van der Waals surface area contributed by atoms with E-state index < -0.39 is 15.3 Å². The van der Waals surface area contributed by atoms with E-state index >= 15 is 0 Å². The Morgan fingerprint density at radius 1 is 1.32 bits per heavy atom. The van der Waals surface area contributed by atoms with Crippen molar-refractivity contribution in [3.63, 3.8) is 0 Å². The van der Waals surface area contributed by atoms with Crippen LogP contribution in [0.3, 0.4) is 0 Å². The van der Waals surface area contributed by atoms with Gasteiger partial charge in [0.05, 0.1) is 11.6 Å². The molecule has 0 saturated carbocycles. The van der Waals surface area contributed by atoms with Crippen molar-refractivity contribution >= 4 is 10.0 Å². The molecule has 1 atom stereocenters. The Morgan fingerprint density at radius 3 is 2.63 bits per heavy atom. The van der Waals surface area contributed by atoms with Crippen LogP contribution in [0.25, 0.3) is 0 Å². The molecule has 0 saturated heterocycles. The number of hydrogen-bond donors (Lipinski definition) is 2. The molecule has 0 aliphatic carbocycles. The highest BCUT2D eigenvalue weighted by Crippen LogP contribution is 1.98. The van der Waals surface area contributed by atoms with E-state index in [0.717, 1.165) is 13.0 Å². The molecule has 0 aromatic carbocycles. The standard InChI is InChI=1S/C12H24N4O2S/c1-11(2)14-9-12(3)19(17,18)15-5-4-7-16-8-6-13-10-16/h6,8,10-12,14-15H,4-5,7,9H2,1-3H3. The van der Waals surface area contributed by atoms with E-state index in [1.54, 1.807) is 19.4 Å². The van der Waals surface area contributed by atoms with Crippen LogP contribution >= 0.6 is 0 Å². The van der Waals surface area contributed by atoms with Crippen LogP contribution in [-0.4, -0.2) is 42.4 Å². The normalized spacial score (nSPS) is 13.9. The summed E-state index contributed by atoms with van der Waals surface area (Å²) in [6, 6.07) is 0.291. The van der Waals surface area contributed by atoms with Gasteiger partial charge in [0.2, 0.25) is 10.0 Å². The van der Waals surface area contributed by atoms with Crippen LogP contribution in [0.5, 0.6) is 0 Å². The van der Waals surface area contributed by atoms with E-state index in [2.05, 4.69) is 15.0 Å². The highest BCUT2D eigenvalue weighted by molar-refractivity contribution is 7.90. The van der Waals surface area contributed by atoms with Gasteiger partial charge < -0.3 is 9.88 Å². The summed E-state index contributed by atoms with van der Waals surface area (Å²) in [6.45, 7) is 7.39. The second-order valence-corrected chi connectivity index (χ2v) is 7.15. The van der Waals surface area contributed by atoms with E-state index in [-0.39, 0.29) is 0 Å². The first-order chi connectivity index (χ1) is 8.92. The number of imidazole rings is 1. The Morgan fingerprint density at radius 2 is 2.05 bits per heavy atom. The smallest absolute Gasteiger partial charge is 0.215 e. The quantitative estimate of drug-likeness (QED) is 0.652. The summed E-state index contributed by atoms with van der Waals surface area (Å²) in [6.07, 6.45) is 6.05. The van der Waals surface area contributed by atoms with Crippen LogP contribution in [0.1, 0.15) is 27.2 Å². The summed E-state index contributed by atoms with van der Waals surface area (Å²) >= 11 is 0. The number of nitrogens with one attached hydrogen (secondary N) is 2. The first-order valence-corrected chi connectivity index (χ1v) is 8.14. The van der Waals surface area contributed by atoms with E-state index in [0.29, 0.717) is 19.1 Å². The number of sulfonamides is 1. The van der Waals surface area contributed by atoms with Crippen LogP contribution in [0.4, 0.5) is 0 Å². The lowest BCUT2D eigenvalue weighted by Gasteiger charge is -2.16. The summed E-state index contributed by atoms with van der Waals surface area (Å²) in [7, 11) is -3.23. The average molecular weight is 288 g/mol. The fraction of sp³-hybridized carbons (Fsp3) is 0.750. The second kappa shape index (κ2) is 7.62. The highest BCUT2D eigenvalue weighted by Gasteiger charge is 2.19. The molecular weight excluding hydrogens is 264 g/mol. The molecule has 110 valence electrons. The fourth-order valence-corrected chi connectivity index (χ4v) is 2.58. The lowest BCUT2D eigenvalue weighted by atomic mass is 10.3. The SMILES string of the molecule is CC(C)NCC(C)S(=O)(=O)NCCCn1ccnc1. The molecule has 7 heteroatoms. The lowest BCUT2D eigenvalue weighted by molar-refractivity contribution is 0.535. The summed E-state index contributed by atoms with van der Waals surface area (Å²) in [5.41, 5.74) is 0. The van der Waals surface area contributed by atoms with Gasteiger partial charge in [0.25, 0.3) is 0 Å². The van der Waals surface area contributed by atoms with Crippen molar-refractivity contribution in [2.45, 2.75) is 45.0 Å². The maximum atomic E-state index is 11.9. The molecule has 2 N–H and O–H groups in total. The van der Waals surface area contributed by atoms with E-state index in [4.69, 9.17) is 0 Å². The van der Waals surface area contributed by atoms with Gasteiger partial charge in [-0.2, -0.15) is 0 Å². The third-order valence-corrected chi connectivity index (χ3v) is 4.63. The van der Waals surface area contributed by atoms with Gasteiger partial charge in [-0.15, -0.1) is 0 Å². The van der Waals surface area contributed by atoms with Crippen LogP contribution in [0.15, 0.2) is 18.7 Å².